The first-order chi connectivity index (χ1) is 7.20. The third-order valence-corrected chi connectivity index (χ3v) is 4.04. The molecule has 0 aromatic heterocycles. The van der Waals surface area contributed by atoms with Crippen molar-refractivity contribution in [1.29, 1.82) is 0 Å². The first-order valence-electron chi connectivity index (χ1n) is 6.49. The van der Waals surface area contributed by atoms with E-state index in [1.54, 1.807) is 0 Å². The van der Waals surface area contributed by atoms with Gasteiger partial charge in [0.2, 0.25) is 0 Å². The lowest BCUT2D eigenvalue weighted by molar-refractivity contribution is -0.124. The van der Waals surface area contributed by atoms with E-state index in [-0.39, 0.29) is 0 Å². The van der Waals surface area contributed by atoms with Crippen LogP contribution >= 0.6 is 0 Å². The molecule has 0 aliphatic carbocycles. The number of carbonyl (C=O) groups excluding carboxylic acids is 1. The van der Waals surface area contributed by atoms with Crippen molar-refractivity contribution in [3.8, 4) is 0 Å². The fourth-order valence-corrected chi connectivity index (χ4v) is 3.27. The summed E-state index contributed by atoms with van der Waals surface area (Å²) >= 11 is 0. The number of Topliss-reactive ketones (excluding diaryl/α,β-unsaturated/α-hetero) is 1. The van der Waals surface area contributed by atoms with Crippen LogP contribution in [0.5, 0.6) is 0 Å². The van der Waals surface area contributed by atoms with Gasteiger partial charge in [0.1, 0.15) is 5.78 Å². The molecule has 2 aliphatic rings. The van der Waals surface area contributed by atoms with Crippen LogP contribution in [0.1, 0.15) is 52.4 Å². The number of ketones is 1. The lowest BCUT2D eigenvalue weighted by Gasteiger charge is -2.20. The first-order valence-corrected chi connectivity index (χ1v) is 6.49. The van der Waals surface area contributed by atoms with Gasteiger partial charge in [0.25, 0.3) is 0 Å². The summed E-state index contributed by atoms with van der Waals surface area (Å²) in [6.45, 7) is 4.40. The van der Waals surface area contributed by atoms with Crippen LogP contribution in [0.4, 0.5) is 0 Å². The van der Waals surface area contributed by atoms with E-state index in [1.165, 1.54) is 25.7 Å². The molecule has 86 valence electrons. The van der Waals surface area contributed by atoms with Crippen LogP contribution < -0.4 is 5.32 Å². The Bertz CT molecular complexity index is 239. The van der Waals surface area contributed by atoms with Gasteiger partial charge in [0, 0.05) is 24.4 Å². The quantitative estimate of drug-likeness (QED) is 0.754. The average molecular weight is 209 g/mol. The molecule has 0 radical (unpaired) electrons. The first kappa shape index (κ1) is 11.1. The predicted molar refractivity (Wildman–Crippen MR) is 61.7 cm³/mol. The normalized spacial score (nSPS) is 35.7. The molecule has 2 bridgehead atoms. The number of nitrogens with one attached hydrogen (secondary N) is 1. The Hall–Kier alpha value is -0.370. The van der Waals surface area contributed by atoms with Gasteiger partial charge in [-0.2, -0.15) is 0 Å². The van der Waals surface area contributed by atoms with Crippen LogP contribution in [0.2, 0.25) is 0 Å². The summed E-state index contributed by atoms with van der Waals surface area (Å²) in [6, 6.07) is 1.18. The molecule has 2 rings (SSSR count). The Labute approximate surface area is 92.8 Å². The molecule has 0 spiro atoms. The van der Waals surface area contributed by atoms with Crippen LogP contribution in [-0.4, -0.2) is 17.9 Å². The molecule has 0 aromatic carbocycles. The smallest absolute Gasteiger partial charge is 0.137 e. The molecule has 2 heteroatoms. The molecule has 2 aliphatic heterocycles. The van der Waals surface area contributed by atoms with Crippen molar-refractivity contribution in [3.63, 3.8) is 0 Å². The van der Waals surface area contributed by atoms with E-state index in [1.807, 2.05) is 0 Å². The van der Waals surface area contributed by atoms with Crippen molar-refractivity contribution < 1.29 is 4.79 Å². The molecule has 2 fully saturated rings. The summed E-state index contributed by atoms with van der Waals surface area (Å²) in [7, 11) is 0. The summed E-state index contributed by atoms with van der Waals surface area (Å²) in [5.41, 5.74) is 0. The second kappa shape index (κ2) is 4.65. The number of fused-ring (bicyclic) bond motifs is 2. The minimum Gasteiger partial charge on any atom is -0.310 e. The third kappa shape index (κ3) is 2.41. The van der Waals surface area contributed by atoms with Gasteiger partial charge in [-0.25, -0.2) is 0 Å². The number of hydrogen-bond donors (Lipinski definition) is 1. The minimum atomic E-state index is 0.350. The summed E-state index contributed by atoms with van der Waals surface area (Å²) in [5.74, 6) is 1.46. The monoisotopic (exact) mass is 209 g/mol. The van der Waals surface area contributed by atoms with E-state index >= 15 is 0 Å². The molecular weight excluding hydrogens is 186 g/mol. The van der Waals surface area contributed by atoms with Gasteiger partial charge in [-0.3, -0.25) is 4.79 Å². The Morgan fingerprint density at radius 1 is 1.47 bits per heavy atom. The summed E-state index contributed by atoms with van der Waals surface area (Å²) in [4.78, 5) is 12.1. The zero-order valence-electron chi connectivity index (χ0n) is 9.96. The molecule has 0 saturated carbocycles. The standard InChI is InChI=1S/C13H23NO/c1-3-4-9(2)7-13(15)11-8-10-5-6-12(11)14-10/h9-12,14H,3-8H2,1-2H3. The van der Waals surface area contributed by atoms with Crippen molar-refractivity contribution in [3.05, 3.63) is 0 Å². The molecule has 4 unspecified atom stereocenters. The molecule has 0 amide bonds. The number of hydrogen-bond acceptors (Lipinski definition) is 2. The SMILES string of the molecule is CCCC(C)CC(=O)C1CC2CCC1N2. The van der Waals surface area contributed by atoms with E-state index < -0.39 is 0 Å². The van der Waals surface area contributed by atoms with E-state index in [4.69, 9.17) is 0 Å². The fourth-order valence-electron chi connectivity index (χ4n) is 3.27. The maximum Gasteiger partial charge on any atom is 0.137 e. The van der Waals surface area contributed by atoms with E-state index in [2.05, 4.69) is 19.2 Å². The summed E-state index contributed by atoms with van der Waals surface area (Å²) < 4.78 is 0. The molecule has 2 saturated heterocycles. The predicted octanol–water partition coefficient (Wildman–Crippen LogP) is 2.52. The maximum atomic E-state index is 12.1. The second-order valence-electron chi connectivity index (χ2n) is 5.45. The lowest BCUT2D eigenvalue weighted by Crippen LogP contribution is -2.29. The number of carbonyl (C=O) groups is 1. The fraction of sp³-hybridized carbons (Fsp3) is 0.923. The Morgan fingerprint density at radius 3 is 2.80 bits per heavy atom. The molecule has 15 heavy (non-hydrogen) atoms. The molecule has 1 N–H and O–H groups in total. The van der Waals surface area contributed by atoms with Crippen LogP contribution in [-0.2, 0) is 4.79 Å². The van der Waals surface area contributed by atoms with Crippen LogP contribution in [0, 0.1) is 11.8 Å². The van der Waals surface area contributed by atoms with Crippen molar-refractivity contribution >= 4 is 5.78 Å². The van der Waals surface area contributed by atoms with E-state index in [9.17, 15) is 4.79 Å². The van der Waals surface area contributed by atoms with Crippen LogP contribution in [0.3, 0.4) is 0 Å². The van der Waals surface area contributed by atoms with Gasteiger partial charge in [0.05, 0.1) is 0 Å². The van der Waals surface area contributed by atoms with Gasteiger partial charge >= 0.3 is 0 Å². The Kier molecular flexibility index (Phi) is 3.45. The molecule has 0 aromatic rings. The summed E-state index contributed by atoms with van der Waals surface area (Å²) in [6.07, 6.45) is 6.83. The van der Waals surface area contributed by atoms with Crippen molar-refractivity contribution in [2.45, 2.75) is 64.5 Å². The van der Waals surface area contributed by atoms with Crippen molar-refractivity contribution in [1.82, 2.24) is 5.32 Å². The zero-order chi connectivity index (χ0) is 10.8. The topological polar surface area (TPSA) is 29.1 Å². The molecule has 2 heterocycles. The zero-order valence-corrected chi connectivity index (χ0v) is 9.96. The van der Waals surface area contributed by atoms with Gasteiger partial charge in [-0.1, -0.05) is 26.7 Å². The molecular formula is C13H23NO. The molecule has 4 atom stereocenters. The lowest BCUT2D eigenvalue weighted by atomic mass is 9.82. The van der Waals surface area contributed by atoms with Crippen molar-refractivity contribution in [2.24, 2.45) is 11.8 Å². The van der Waals surface area contributed by atoms with Crippen molar-refractivity contribution in [2.75, 3.05) is 0 Å². The summed E-state index contributed by atoms with van der Waals surface area (Å²) in [5, 5.41) is 3.54. The Balaban J connectivity index is 1.81. The van der Waals surface area contributed by atoms with Crippen LogP contribution in [0.25, 0.3) is 0 Å². The van der Waals surface area contributed by atoms with Gasteiger partial charge in [-0.15, -0.1) is 0 Å². The Morgan fingerprint density at radius 2 is 2.27 bits per heavy atom. The molecule has 2 nitrogen and oxygen atoms in total. The minimum absolute atomic E-state index is 0.350. The highest BCUT2D eigenvalue weighted by atomic mass is 16.1. The largest absolute Gasteiger partial charge is 0.310 e. The van der Waals surface area contributed by atoms with Crippen LogP contribution in [0.15, 0.2) is 0 Å². The number of rotatable bonds is 5. The van der Waals surface area contributed by atoms with E-state index in [0.29, 0.717) is 29.7 Å². The van der Waals surface area contributed by atoms with E-state index in [0.717, 1.165) is 12.8 Å². The van der Waals surface area contributed by atoms with Gasteiger partial charge in [-0.05, 0) is 25.2 Å². The van der Waals surface area contributed by atoms with Gasteiger partial charge < -0.3 is 5.32 Å². The highest BCUT2D eigenvalue weighted by molar-refractivity contribution is 5.82. The second-order valence-corrected chi connectivity index (χ2v) is 5.45. The average Bonchev–Trinajstić information content (AvgIpc) is 2.78. The third-order valence-electron chi connectivity index (χ3n) is 4.04. The van der Waals surface area contributed by atoms with Gasteiger partial charge in [0.15, 0.2) is 0 Å². The maximum absolute atomic E-state index is 12.1. The highest BCUT2D eigenvalue weighted by Gasteiger charge is 2.42. The highest BCUT2D eigenvalue weighted by Crippen LogP contribution is 2.35.